The van der Waals surface area contributed by atoms with Crippen molar-refractivity contribution in [3.05, 3.63) is 36.0 Å². The maximum atomic E-state index is 3.88. The predicted octanol–water partition coefficient (Wildman–Crippen LogP) is 3.08. The molecule has 0 aromatic carbocycles. The average Bonchev–Trinajstić information content (AvgIpc) is 1.88. The lowest BCUT2D eigenvalue weighted by atomic mass is 9.96. The van der Waals surface area contributed by atoms with E-state index < -0.39 is 0 Å². The first kappa shape index (κ1) is 7.33. The maximum absolute atomic E-state index is 3.88. The molecule has 0 fully saturated rings. The first-order chi connectivity index (χ1) is 4.70. The molecule has 0 spiro atoms. The van der Waals surface area contributed by atoms with Crippen molar-refractivity contribution in [2.24, 2.45) is 5.92 Å². The van der Waals surface area contributed by atoms with Crippen LogP contribution in [0.1, 0.15) is 20.3 Å². The molecule has 0 amide bonds. The smallest absolute Gasteiger partial charge is 0.00974 e. The molecule has 0 aromatic rings. The van der Waals surface area contributed by atoms with Crippen LogP contribution >= 0.6 is 0 Å². The summed E-state index contributed by atoms with van der Waals surface area (Å²) in [5.74, 6) is 0.657. The van der Waals surface area contributed by atoms with Gasteiger partial charge in [0.05, 0.1) is 0 Å². The van der Waals surface area contributed by atoms with Crippen LogP contribution in [0, 0.1) is 5.92 Å². The summed E-state index contributed by atoms with van der Waals surface area (Å²) in [6.07, 6.45) is 7.56. The molecule has 0 radical (unpaired) electrons. The Labute approximate surface area is 62.9 Å². The minimum Gasteiger partial charge on any atom is -0.0955 e. The first-order valence-corrected chi connectivity index (χ1v) is 3.76. The van der Waals surface area contributed by atoms with Crippen LogP contribution in [0.3, 0.4) is 0 Å². The highest BCUT2D eigenvalue weighted by molar-refractivity contribution is 5.34. The molecular weight excluding hydrogens is 120 g/mol. The highest BCUT2D eigenvalue weighted by atomic mass is 14.1. The molecule has 54 valence electrons. The summed E-state index contributed by atoms with van der Waals surface area (Å²) in [5.41, 5.74) is 2.65. The molecular formula is C10H14. The SMILES string of the molecule is C=C1C=CC(C(C)C)=CC1. The molecule has 10 heavy (non-hydrogen) atoms. The molecule has 1 rings (SSSR count). The fraction of sp³-hybridized carbons (Fsp3) is 0.400. The molecule has 0 atom stereocenters. The van der Waals surface area contributed by atoms with Crippen LogP contribution in [0.15, 0.2) is 36.0 Å². The van der Waals surface area contributed by atoms with Crippen molar-refractivity contribution < 1.29 is 0 Å². The van der Waals surface area contributed by atoms with Gasteiger partial charge in [-0.05, 0) is 17.9 Å². The van der Waals surface area contributed by atoms with Gasteiger partial charge >= 0.3 is 0 Å². The molecule has 0 saturated heterocycles. The van der Waals surface area contributed by atoms with Crippen LogP contribution in [0.4, 0.5) is 0 Å². The Balaban J connectivity index is 2.67. The van der Waals surface area contributed by atoms with E-state index in [1.807, 2.05) is 0 Å². The van der Waals surface area contributed by atoms with Crippen molar-refractivity contribution in [1.82, 2.24) is 0 Å². The second kappa shape index (κ2) is 2.87. The molecule has 0 N–H and O–H groups in total. The van der Waals surface area contributed by atoms with Crippen LogP contribution in [-0.2, 0) is 0 Å². The summed E-state index contributed by atoms with van der Waals surface area (Å²) >= 11 is 0. The molecule has 0 aromatic heterocycles. The molecule has 0 bridgehead atoms. The Morgan fingerprint density at radius 3 is 2.50 bits per heavy atom. The quantitative estimate of drug-likeness (QED) is 0.517. The van der Waals surface area contributed by atoms with Crippen molar-refractivity contribution >= 4 is 0 Å². The molecule has 1 aliphatic rings. The highest BCUT2D eigenvalue weighted by Gasteiger charge is 2.02. The fourth-order valence-corrected chi connectivity index (χ4v) is 1.03. The summed E-state index contributed by atoms with van der Waals surface area (Å²) < 4.78 is 0. The van der Waals surface area contributed by atoms with E-state index in [-0.39, 0.29) is 0 Å². The van der Waals surface area contributed by atoms with Gasteiger partial charge in [-0.25, -0.2) is 0 Å². The van der Waals surface area contributed by atoms with Crippen LogP contribution in [0.25, 0.3) is 0 Å². The van der Waals surface area contributed by atoms with Crippen molar-refractivity contribution in [3.63, 3.8) is 0 Å². The molecule has 0 unspecified atom stereocenters. The summed E-state index contributed by atoms with van der Waals surface area (Å²) in [6.45, 7) is 8.30. The van der Waals surface area contributed by atoms with Gasteiger partial charge in [0, 0.05) is 0 Å². The fourth-order valence-electron chi connectivity index (χ4n) is 1.03. The first-order valence-electron chi connectivity index (χ1n) is 3.76. The topological polar surface area (TPSA) is 0 Å². The van der Waals surface area contributed by atoms with E-state index >= 15 is 0 Å². The zero-order valence-electron chi connectivity index (χ0n) is 6.72. The van der Waals surface area contributed by atoms with E-state index in [1.165, 1.54) is 11.1 Å². The Hall–Kier alpha value is -0.780. The number of hydrogen-bond donors (Lipinski definition) is 0. The van der Waals surface area contributed by atoms with E-state index in [4.69, 9.17) is 0 Å². The normalized spacial score (nSPS) is 17.9. The number of hydrogen-bond acceptors (Lipinski definition) is 0. The van der Waals surface area contributed by atoms with E-state index in [2.05, 4.69) is 38.7 Å². The molecule has 0 aliphatic heterocycles. The largest absolute Gasteiger partial charge is 0.0955 e. The maximum Gasteiger partial charge on any atom is -0.00974 e. The zero-order chi connectivity index (χ0) is 7.56. The Morgan fingerprint density at radius 1 is 1.40 bits per heavy atom. The van der Waals surface area contributed by atoms with E-state index in [1.54, 1.807) is 0 Å². The highest BCUT2D eigenvalue weighted by Crippen LogP contribution is 2.19. The molecule has 1 aliphatic carbocycles. The molecule has 0 nitrogen and oxygen atoms in total. The zero-order valence-corrected chi connectivity index (χ0v) is 6.72. The Morgan fingerprint density at radius 2 is 2.10 bits per heavy atom. The third-order valence-electron chi connectivity index (χ3n) is 1.78. The standard InChI is InChI=1S/C10H14/c1-8(2)10-6-4-9(3)5-7-10/h4,6-8H,3,5H2,1-2H3. The average molecular weight is 134 g/mol. The van der Waals surface area contributed by atoms with Crippen LogP contribution in [-0.4, -0.2) is 0 Å². The van der Waals surface area contributed by atoms with Gasteiger partial charge in [0.15, 0.2) is 0 Å². The predicted molar refractivity (Wildman–Crippen MR) is 45.8 cm³/mol. The van der Waals surface area contributed by atoms with Gasteiger partial charge in [0.25, 0.3) is 0 Å². The van der Waals surface area contributed by atoms with E-state index in [0.29, 0.717) is 5.92 Å². The van der Waals surface area contributed by atoms with Gasteiger partial charge in [-0.3, -0.25) is 0 Å². The minimum absolute atomic E-state index is 0.657. The van der Waals surface area contributed by atoms with E-state index in [9.17, 15) is 0 Å². The molecule has 0 heteroatoms. The van der Waals surface area contributed by atoms with Crippen molar-refractivity contribution in [2.45, 2.75) is 20.3 Å². The second-order valence-electron chi connectivity index (χ2n) is 3.05. The Bertz CT molecular complexity index is 192. The molecule has 0 saturated carbocycles. The lowest BCUT2D eigenvalue weighted by molar-refractivity contribution is 0.783. The number of allylic oxidation sites excluding steroid dienone is 5. The minimum atomic E-state index is 0.657. The summed E-state index contributed by atoms with van der Waals surface area (Å²) in [5, 5.41) is 0. The second-order valence-corrected chi connectivity index (χ2v) is 3.05. The van der Waals surface area contributed by atoms with Gasteiger partial charge in [-0.2, -0.15) is 0 Å². The van der Waals surface area contributed by atoms with Crippen LogP contribution in [0.5, 0.6) is 0 Å². The summed E-state index contributed by atoms with van der Waals surface area (Å²) in [4.78, 5) is 0. The van der Waals surface area contributed by atoms with E-state index in [0.717, 1.165) is 6.42 Å². The third-order valence-corrected chi connectivity index (χ3v) is 1.78. The van der Waals surface area contributed by atoms with Crippen molar-refractivity contribution in [2.75, 3.05) is 0 Å². The van der Waals surface area contributed by atoms with Crippen molar-refractivity contribution in [3.8, 4) is 0 Å². The van der Waals surface area contributed by atoms with Gasteiger partial charge in [0.1, 0.15) is 0 Å². The Kier molecular flexibility index (Phi) is 2.10. The lowest BCUT2D eigenvalue weighted by Crippen LogP contribution is -1.94. The van der Waals surface area contributed by atoms with Gasteiger partial charge in [-0.15, -0.1) is 0 Å². The third kappa shape index (κ3) is 1.60. The number of rotatable bonds is 1. The van der Waals surface area contributed by atoms with Gasteiger partial charge in [-0.1, -0.05) is 44.2 Å². The summed E-state index contributed by atoms with van der Waals surface area (Å²) in [7, 11) is 0. The summed E-state index contributed by atoms with van der Waals surface area (Å²) in [6, 6.07) is 0. The monoisotopic (exact) mass is 134 g/mol. The van der Waals surface area contributed by atoms with Gasteiger partial charge < -0.3 is 0 Å². The van der Waals surface area contributed by atoms with Crippen LogP contribution in [0.2, 0.25) is 0 Å². The lowest BCUT2D eigenvalue weighted by Gasteiger charge is -2.10. The van der Waals surface area contributed by atoms with Crippen LogP contribution < -0.4 is 0 Å². The van der Waals surface area contributed by atoms with Gasteiger partial charge in [0.2, 0.25) is 0 Å². The van der Waals surface area contributed by atoms with Crippen molar-refractivity contribution in [1.29, 1.82) is 0 Å². The molecule has 0 heterocycles.